The van der Waals surface area contributed by atoms with Crippen LogP contribution in [0, 0.1) is 10.1 Å². The fraction of sp³-hybridized carbons (Fsp3) is 0.545. The van der Waals surface area contributed by atoms with Crippen LogP contribution in [0.2, 0.25) is 0 Å². The van der Waals surface area contributed by atoms with Gasteiger partial charge in [-0.05, 0) is 0 Å². The maximum atomic E-state index is 12.0. The number of Topliss-reactive ketones (excluding diaryl/α,β-unsaturated/α-hetero) is 1. The summed E-state index contributed by atoms with van der Waals surface area (Å²) < 4.78 is 24.1. The molecule has 2 rings (SSSR count). The lowest BCUT2D eigenvalue weighted by Crippen LogP contribution is -2.49. The smallest absolute Gasteiger partial charge is 0.287 e. The maximum Gasteiger partial charge on any atom is 0.287 e. The Balaban J connectivity index is 1.91. The predicted molar refractivity (Wildman–Crippen MR) is 74.6 cm³/mol. The van der Waals surface area contributed by atoms with E-state index in [0.717, 1.165) is 6.26 Å². The number of aromatic nitrogens is 1. The number of hydrogen-bond acceptors (Lipinski definition) is 6. The van der Waals surface area contributed by atoms with Crippen LogP contribution in [-0.2, 0) is 10.0 Å². The van der Waals surface area contributed by atoms with Crippen LogP contribution in [0.1, 0.15) is 10.5 Å². The third kappa shape index (κ3) is 3.86. The minimum absolute atomic E-state index is 0.106. The van der Waals surface area contributed by atoms with Crippen LogP contribution < -0.4 is 0 Å². The van der Waals surface area contributed by atoms with Crippen molar-refractivity contribution in [2.75, 3.05) is 39.0 Å². The summed E-state index contributed by atoms with van der Waals surface area (Å²) in [6.45, 7) is 1.71. The van der Waals surface area contributed by atoms with E-state index in [1.165, 1.54) is 16.6 Å². The van der Waals surface area contributed by atoms with E-state index in [0.29, 0.717) is 26.2 Å². The minimum Gasteiger partial charge on any atom is -0.353 e. The first-order valence-electron chi connectivity index (χ1n) is 6.31. The Labute approximate surface area is 121 Å². The van der Waals surface area contributed by atoms with Crippen LogP contribution in [-0.4, -0.2) is 72.3 Å². The minimum atomic E-state index is -3.20. The van der Waals surface area contributed by atoms with Crippen molar-refractivity contribution in [3.05, 3.63) is 28.1 Å². The largest absolute Gasteiger partial charge is 0.353 e. The lowest BCUT2D eigenvalue weighted by molar-refractivity contribution is -0.384. The van der Waals surface area contributed by atoms with Gasteiger partial charge in [0.05, 0.1) is 29.6 Å². The Morgan fingerprint density at radius 2 is 2.00 bits per heavy atom. The number of sulfonamides is 1. The van der Waals surface area contributed by atoms with E-state index in [9.17, 15) is 23.3 Å². The van der Waals surface area contributed by atoms with Gasteiger partial charge in [0.1, 0.15) is 0 Å². The summed E-state index contributed by atoms with van der Waals surface area (Å²) in [5.41, 5.74) is 0.0347. The molecular weight excluding hydrogens is 300 g/mol. The zero-order valence-electron chi connectivity index (χ0n) is 11.5. The van der Waals surface area contributed by atoms with Gasteiger partial charge in [-0.3, -0.25) is 19.8 Å². The molecule has 2 heterocycles. The van der Waals surface area contributed by atoms with Crippen LogP contribution in [0.3, 0.4) is 0 Å². The first kappa shape index (κ1) is 15.6. The molecule has 9 nitrogen and oxygen atoms in total. The summed E-state index contributed by atoms with van der Waals surface area (Å²) in [5, 5.41) is 10.6. The molecule has 0 atom stereocenters. The normalized spacial score (nSPS) is 17.8. The second-order valence-corrected chi connectivity index (χ2v) is 6.87. The number of piperazine rings is 1. The van der Waals surface area contributed by atoms with Gasteiger partial charge in [0, 0.05) is 32.2 Å². The van der Waals surface area contributed by atoms with Gasteiger partial charge in [-0.15, -0.1) is 0 Å². The third-order valence-electron chi connectivity index (χ3n) is 3.35. The summed E-state index contributed by atoms with van der Waals surface area (Å²) >= 11 is 0. The van der Waals surface area contributed by atoms with E-state index in [4.69, 9.17) is 0 Å². The molecule has 0 spiro atoms. The molecular formula is C11H16N4O5S. The molecule has 1 saturated heterocycles. The number of hydrogen-bond donors (Lipinski definition) is 1. The number of rotatable bonds is 5. The molecule has 0 unspecified atom stereocenters. The average molecular weight is 316 g/mol. The van der Waals surface area contributed by atoms with Crippen LogP contribution in [0.15, 0.2) is 12.3 Å². The first-order chi connectivity index (χ1) is 9.77. The lowest BCUT2D eigenvalue weighted by Gasteiger charge is -2.32. The topological polar surface area (TPSA) is 117 Å². The second kappa shape index (κ2) is 5.92. The average Bonchev–Trinajstić information content (AvgIpc) is 2.88. The van der Waals surface area contributed by atoms with Gasteiger partial charge in [0.25, 0.3) is 5.69 Å². The number of H-pyrrole nitrogens is 1. The molecule has 1 aliphatic rings. The van der Waals surface area contributed by atoms with Crippen molar-refractivity contribution < 1.29 is 18.1 Å². The monoisotopic (exact) mass is 316 g/mol. The van der Waals surface area contributed by atoms with Crippen molar-refractivity contribution in [2.24, 2.45) is 0 Å². The molecule has 1 fully saturated rings. The Kier molecular flexibility index (Phi) is 4.40. The molecule has 1 N–H and O–H groups in total. The van der Waals surface area contributed by atoms with E-state index in [1.807, 2.05) is 4.90 Å². The molecule has 1 aromatic rings. The second-order valence-electron chi connectivity index (χ2n) is 4.89. The highest BCUT2D eigenvalue weighted by molar-refractivity contribution is 7.88. The van der Waals surface area contributed by atoms with E-state index in [2.05, 4.69) is 4.98 Å². The van der Waals surface area contributed by atoms with Crippen LogP contribution in [0.5, 0.6) is 0 Å². The van der Waals surface area contributed by atoms with Gasteiger partial charge in [-0.1, -0.05) is 0 Å². The standard InChI is InChI=1S/C11H16N4O5S/c1-21(19,20)14-4-2-13(3-5-14)8-11(16)10-6-9(7-12-10)15(17)18/h6-7,12H,2-5,8H2,1H3. The lowest BCUT2D eigenvalue weighted by atomic mass is 10.2. The molecule has 10 heteroatoms. The highest BCUT2D eigenvalue weighted by Gasteiger charge is 2.25. The molecule has 0 saturated carbocycles. The highest BCUT2D eigenvalue weighted by atomic mass is 32.2. The van der Waals surface area contributed by atoms with Gasteiger partial charge >= 0.3 is 0 Å². The molecule has 0 bridgehead atoms. The van der Waals surface area contributed by atoms with Gasteiger partial charge in [-0.2, -0.15) is 4.31 Å². The molecule has 0 aliphatic carbocycles. The highest BCUT2D eigenvalue weighted by Crippen LogP contribution is 2.13. The SMILES string of the molecule is CS(=O)(=O)N1CCN(CC(=O)c2cc([N+](=O)[O-])c[nH]2)CC1. The van der Waals surface area contributed by atoms with E-state index in [1.54, 1.807) is 0 Å². The third-order valence-corrected chi connectivity index (χ3v) is 4.65. The van der Waals surface area contributed by atoms with Crippen molar-refractivity contribution in [3.8, 4) is 0 Å². The molecule has 21 heavy (non-hydrogen) atoms. The van der Waals surface area contributed by atoms with Crippen LogP contribution >= 0.6 is 0 Å². The van der Waals surface area contributed by atoms with E-state index in [-0.39, 0.29) is 23.7 Å². The number of nitrogens with one attached hydrogen (secondary N) is 1. The number of aromatic amines is 1. The van der Waals surface area contributed by atoms with E-state index < -0.39 is 14.9 Å². The van der Waals surface area contributed by atoms with Crippen molar-refractivity contribution in [1.29, 1.82) is 0 Å². The molecule has 0 amide bonds. The maximum absolute atomic E-state index is 12.0. The number of nitro groups is 1. The van der Waals surface area contributed by atoms with Gasteiger partial charge < -0.3 is 4.98 Å². The molecule has 116 valence electrons. The Morgan fingerprint density at radius 1 is 1.38 bits per heavy atom. The van der Waals surface area contributed by atoms with Crippen molar-refractivity contribution in [1.82, 2.24) is 14.2 Å². The number of carbonyl (C=O) groups excluding carboxylic acids is 1. The Bertz CT molecular complexity index is 645. The van der Waals surface area contributed by atoms with Crippen molar-refractivity contribution in [3.63, 3.8) is 0 Å². The van der Waals surface area contributed by atoms with E-state index >= 15 is 0 Å². The molecule has 1 aromatic heterocycles. The van der Waals surface area contributed by atoms with Crippen LogP contribution in [0.25, 0.3) is 0 Å². The number of ketones is 1. The number of carbonyl (C=O) groups is 1. The summed E-state index contributed by atoms with van der Waals surface area (Å²) in [4.78, 5) is 26.4. The van der Waals surface area contributed by atoms with Crippen LogP contribution in [0.4, 0.5) is 5.69 Å². The van der Waals surface area contributed by atoms with Crippen molar-refractivity contribution in [2.45, 2.75) is 0 Å². The Morgan fingerprint density at radius 3 is 2.48 bits per heavy atom. The summed E-state index contributed by atoms with van der Waals surface area (Å²) in [6.07, 6.45) is 2.33. The van der Waals surface area contributed by atoms with Gasteiger partial charge in [0.15, 0.2) is 5.78 Å². The fourth-order valence-electron chi connectivity index (χ4n) is 2.16. The van der Waals surface area contributed by atoms with Gasteiger partial charge in [0.2, 0.25) is 10.0 Å². The quantitative estimate of drug-likeness (QED) is 0.452. The zero-order chi connectivity index (χ0) is 15.6. The molecule has 1 aliphatic heterocycles. The molecule has 0 radical (unpaired) electrons. The Hall–Kier alpha value is -1.78. The fourth-order valence-corrected chi connectivity index (χ4v) is 2.98. The predicted octanol–water partition coefficient (Wildman–Crippen LogP) is -0.317. The molecule has 0 aromatic carbocycles. The summed E-state index contributed by atoms with van der Waals surface area (Å²) in [7, 11) is -3.20. The first-order valence-corrected chi connectivity index (χ1v) is 8.15. The summed E-state index contributed by atoms with van der Waals surface area (Å²) in [5.74, 6) is -0.254. The number of nitrogens with zero attached hydrogens (tertiary/aromatic N) is 3. The summed E-state index contributed by atoms with van der Waals surface area (Å²) in [6, 6.07) is 1.20. The zero-order valence-corrected chi connectivity index (χ0v) is 12.3. The van der Waals surface area contributed by atoms with Gasteiger partial charge in [-0.25, -0.2) is 8.42 Å². The van der Waals surface area contributed by atoms with Crippen molar-refractivity contribution >= 4 is 21.5 Å².